The van der Waals surface area contributed by atoms with Crippen LogP contribution in [0.5, 0.6) is 0 Å². The minimum absolute atomic E-state index is 0.412. The maximum absolute atomic E-state index is 12.6. The number of carbonyl (C=O) groups excluding carboxylic acids is 1. The topological polar surface area (TPSA) is 17.1 Å². The van der Waals surface area contributed by atoms with Gasteiger partial charge in [0.2, 0.25) is 5.78 Å². The molecule has 16 heavy (non-hydrogen) atoms. The van der Waals surface area contributed by atoms with Crippen LogP contribution in [0.2, 0.25) is 0 Å². The van der Waals surface area contributed by atoms with Gasteiger partial charge in [0, 0.05) is 28.2 Å². The molecule has 88 valence electrons. The zero-order valence-corrected chi connectivity index (χ0v) is 9.64. The molecule has 0 aliphatic heterocycles. The number of halogens is 6. The molecule has 0 spiro atoms. The number of hydrogen-bond acceptors (Lipinski definition) is 1. The molecule has 0 saturated carbocycles. The molecule has 1 nitrogen and oxygen atoms in total. The molecule has 0 unspecified atom stereocenters. The Morgan fingerprint density at radius 1 is 1.12 bits per heavy atom. The second kappa shape index (κ2) is 4.27. The monoisotopic (exact) mass is 350 g/mol. The summed E-state index contributed by atoms with van der Waals surface area (Å²) in [4.78, 5) is 11.0. The molecule has 0 aliphatic carbocycles. The number of rotatable bonds is 2. The summed E-state index contributed by atoms with van der Waals surface area (Å²) in [7, 11) is 0. The van der Waals surface area contributed by atoms with Crippen LogP contribution in [0, 0.1) is 0 Å². The van der Waals surface area contributed by atoms with Crippen LogP contribution in [0.1, 0.15) is 15.9 Å². The summed E-state index contributed by atoms with van der Waals surface area (Å²) < 4.78 is 58.1. The van der Waals surface area contributed by atoms with E-state index in [-0.39, 0.29) is 0 Å². The van der Waals surface area contributed by atoms with E-state index in [0.717, 1.165) is 12.1 Å². The Morgan fingerprint density at radius 2 is 1.69 bits per heavy atom. The third-order valence-electron chi connectivity index (χ3n) is 1.71. The largest absolute Gasteiger partial charge is 0.416 e. The van der Waals surface area contributed by atoms with Crippen molar-refractivity contribution in [3.05, 3.63) is 35.4 Å². The van der Waals surface area contributed by atoms with Gasteiger partial charge in [0.05, 0.1) is 5.56 Å². The zero-order chi connectivity index (χ0) is 12.6. The van der Waals surface area contributed by atoms with Crippen molar-refractivity contribution in [1.82, 2.24) is 0 Å². The van der Waals surface area contributed by atoms with E-state index in [9.17, 15) is 26.7 Å². The van der Waals surface area contributed by atoms with Gasteiger partial charge in [-0.2, -0.15) is 22.0 Å². The van der Waals surface area contributed by atoms with Crippen LogP contribution in [0.15, 0.2) is 24.3 Å². The van der Waals surface area contributed by atoms with Gasteiger partial charge in [-0.05, 0) is 12.1 Å². The minimum Gasteiger partial charge on any atom is -0.286 e. The summed E-state index contributed by atoms with van der Waals surface area (Å²) in [6, 6.07) is 2.96. The number of carbonyl (C=O) groups is 1. The van der Waals surface area contributed by atoms with Gasteiger partial charge < -0.3 is 0 Å². The standard InChI is InChI=1S/C9H4F5IO/c10-8(11,12)6-3-1-2-5(4-6)7(16)9(13,14)15/h1-4H. The van der Waals surface area contributed by atoms with Gasteiger partial charge in [0.15, 0.2) is 0 Å². The molecule has 1 aromatic carbocycles. The number of benzene rings is 1. The molecule has 0 aromatic heterocycles. The number of ketones is 1. The van der Waals surface area contributed by atoms with E-state index in [1.54, 1.807) is 0 Å². The average Bonchev–Trinajstić information content (AvgIpc) is 2.14. The van der Waals surface area contributed by atoms with Gasteiger partial charge >= 0.3 is 10.1 Å². The fraction of sp³-hybridized carbons (Fsp3) is 0.222. The van der Waals surface area contributed by atoms with Crippen LogP contribution in [0.4, 0.5) is 22.0 Å². The molecule has 0 atom stereocenters. The van der Waals surface area contributed by atoms with E-state index < -0.39 is 27.0 Å². The first-order valence-electron chi connectivity index (χ1n) is 3.91. The third-order valence-corrected chi connectivity index (χ3v) is 2.20. The summed E-state index contributed by atoms with van der Waals surface area (Å²) in [5.74, 6) is -1.64. The third kappa shape index (κ3) is 3.13. The van der Waals surface area contributed by atoms with Crippen LogP contribution < -0.4 is 0 Å². The van der Waals surface area contributed by atoms with Gasteiger partial charge in [-0.3, -0.25) is 4.79 Å². The first kappa shape index (κ1) is 13.3. The van der Waals surface area contributed by atoms with Crippen molar-refractivity contribution in [2.45, 2.75) is 10.1 Å². The Kier molecular flexibility index (Phi) is 3.56. The highest BCUT2D eigenvalue weighted by atomic mass is 127. The maximum Gasteiger partial charge on any atom is 0.416 e. The van der Waals surface area contributed by atoms with E-state index in [2.05, 4.69) is 0 Å². The lowest BCUT2D eigenvalue weighted by atomic mass is 10.1. The van der Waals surface area contributed by atoms with Crippen molar-refractivity contribution < 1.29 is 26.7 Å². The lowest BCUT2D eigenvalue weighted by Gasteiger charge is -2.10. The SMILES string of the molecule is O=C(c1cccc(C(F)(F)F)c1)C(F)(F)I. The van der Waals surface area contributed by atoms with Crippen LogP contribution in [-0.2, 0) is 6.18 Å². The summed E-state index contributed by atoms with van der Waals surface area (Å²) in [5, 5.41) is 0. The predicted octanol–water partition coefficient (Wildman–Crippen LogP) is 3.92. The van der Waals surface area contributed by atoms with Crippen LogP contribution >= 0.6 is 22.6 Å². The average molecular weight is 350 g/mol. The molecule has 0 bridgehead atoms. The summed E-state index contributed by atoms with van der Waals surface area (Å²) in [6.07, 6.45) is -4.66. The number of hydrogen-bond donors (Lipinski definition) is 0. The lowest BCUT2D eigenvalue weighted by molar-refractivity contribution is -0.137. The molecule has 1 rings (SSSR count). The van der Waals surface area contributed by atoms with E-state index in [1.165, 1.54) is 0 Å². The highest BCUT2D eigenvalue weighted by Gasteiger charge is 2.37. The highest BCUT2D eigenvalue weighted by Crippen LogP contribution is 2.32. The lowest BCUT2D eigenvalue weighted by Crippen LogP contribution is -2.21. The molecule has 0 radical (unpaired) electrons. The molecule has 0 N–H and O–H groups in total. The van der Waals surface area contributed by atoms with Crippen LogP contribution in [-0.4, -0.2) is 9.71 Å². The van der Waals surface area contributed by atoms with E-state index in [1.807, 2.05) is 0 Å². The number of alkyl halides is 6. The molecule has 0 heterocycles. The van der Waals surface area contributed by atoms with E-state index in [0.29, 0.717) is 34.7 Å². The summed E-state index contributed by atoms with van der Waals surface area (Å²) in [6.45, 7) is 0. The van der Waals surface area contributed by atoms with Gasteiger partial charge in [0.1, 0.15) is 0 Å². The Labute approximate surface area is 101 Å². The fourth-order valence-electron chi connectivity index (χ4n) is 1.00. The van der Waals surface area contributed by atoms with Crippen LogP contribution in [0.25, 0.3) is 0 Å². The smallest absolute Gasteiger partial charge is 0.286 e. The van der Waals surface area contributed by atoms with Gasteiger partial charge in [-0.25, -0.2) is 0 Å². The molecule has 0 fully saturated rings. The van der Waals surface area contributed by atoms with Crippen molar-refractivity contribution >= 4 is 28.4 Å². The molecule has 7 heteroatoms. The van der Waals surface area contributed by atoms with Crippen molar-refractivity contribution in [1.29, 1.82) is 0 Å². The summed E-state index contributed by atoms with van der Waals surface area (Å²) >= 11 is 0.575. The van der Waals surface area contributed by atoms with E-state index >= 15 is 0 Å². The van der Waals surface area contributed by atoms with Gasteiger partial charge in [-0.1, -0.05) is 12.1 Å². The van der Waals surface area contributed by atoms with Crippen molar-refractivity contribution in [3.8, 4) is 0 Å². The number of Topliss-reactive ketones (excluding diaryl/α,β-unsaturated/α-hetero) is 1. The normalized spacial score (nSPS) is 12.6. The molecule has 0 saturated heterocycles. The van der Waals surface area contributed by atoms with E-state index in [4.69, 9.17) is 0 Å². The van der Waals surface area contributed by atoms with Crippen molar-refractivity contribution in [3.63, 3.8) is 0 Å². The van der Waals surface area contributed by atoms with Crippen molar-refractivity contribution in [2.75, 3.05) is 0 Å². The molecule has 1 aromatic rings. The first-order valence-corrected chi connectivity index (χ1v) is 4.99. The Hall–Kier alpha value is -0.730. The fourth-order valence-corrected chi connectivity index (χ4v) is 1.31. The highest BCUT2D eigenvalue weighted by molar-refractivity contribution is 14.1. The zero-order valence-electron chi connectivity index (χ0n) is 7.49. The van der Waals surface area contributed by atoms with Gasteiger partial charge in [-0.15, -0.1) is 0 Å². The van der Waals surface area contributed by atoms with Gasteiger partial charge in [0.25, 0.3) is 0 Å². The molecular formula is C9H4F5IO. The first-order chi connectivity index (χ1) is 7.12. The maximum atomic E-state index is 12.6. The van der Waals surface area contributed by atoms with Crippen molar-refractivity contribution in [2.24, 2.45) is 0 Å². The quantitative estimate of drug-likeness (QED) is 0.342. The Morgan fingerprint density at radius 3 is 2.12 bits per heavy atom. The predicted molar refractivity (Wildman–Crippen MR) is 54.7 cm³/mol. The Balaban J connectivity index is 3.14. The second-order valence-electron chi connectivity index (χ2n) is 2.91. The summed E-state index contributed by atoms with van der Waals surface area (Å²) in [5.41, 5.74) is -1.78. The second-order valence-corrected chi connectivity index (χ2v) is 4.26. The minimum atomic E-state index is -4.66. The molecule has 0 amide bonds. The van der Waals surface area contributed by atoms with Crippen LogP contribution in [0.3, 0.4) is 0 Å². The molecular weight excluding hydrogens is 346 g/mol. The molecule has 0 aliphatic rings. The Bertz CT molecular complexity index is 407.